The summed E-state index contributed by atoms with van der Waals surface area (Å²) in [6.45, 7) is 1.95. The summed E-state index contributed by atoms with van der Waals surface area (Å²) < 4.78 is 0. The van der Waals surface area contributed by atoms with Gasteiger partial charge in [-0.3, -0.25) is 4.79 Å². The number of carbonyl (C=O) groups is 1. The van der Waals surface area contributed by atoms with E-state index in [2.05, 4.69) is 9.97 Å². The Kier molecular flexibility index (Phi) is 2.79. The van der Waals surface area contributed by atoms with Crippen LogP contribution in [0.2, 0.25) is 0 Å². The molecule has 0 saturated heterocycles. The third kappa shape index (κ3) is 2.14. The summed E-state index contributed by atoms with van der Waals surface area (Å²) in [4.78, 5) is 27.7. The van der Waals surface area contributed by atoms with Crippen molar-refractivity contribution in [3.63, 3.8) is 0 Å². The van der Waals surface area contributed by atoms with Gasteiger partial charge in [0, 0.05) is 12.6 Å². The van der Waals surface area contributed by atoms with Crippen LogP contribution in [0.3, 0.4) is 0 Å². The molecule has 0 spiro atoms. The fourth-order valence-electron chi connectivity index (χ4n) is 0.948. The highest BCUT2D eigenvalue weighted by Crippen LogP contribution is 1.93. The largest absolute Gasteiger partial charge is 0.477 e. The predicted octanol–water partition coefficient (Wildman–Crippen LogP) is 0.421. The summed E-state index contributed by atoms with van der Waals surface area (Å²) in [5, 5.41) is 8.53. The molecule has 0 unspecified atom stereocenters. The summed E-state index contributed by atoms with van der Waals surface area (Å²) in [5.74, 6) is -0.728. The minimum absolute atomic E-state index is 0.320. The molecule has 1 aromatic rings. The number of aromatic carboxylic acids is 1. The summed E-state index contributed by atoms with van der Waals surface area (Å²) in [5.41, 5.74) is -0.911. The number of carboxylic acid groups (broad SMARTS) is 1. The summed E-state index contributed by atoms with van der Waals surface area (Å²) in [6.07, 6.45) is 2.59. The van der Waals surface area contributed by atoms with Crippen molar-refractivity contribution in [1.82, 2.24) is 9.97 Å². The van der Waals surface area contributed by atoms with E-state index in [4.69, 9.17) is 5.11 Å². The predicted molar refractivity (Wildman–Crippen MR) is 45.8 cm³/mol. The Morgan fingerprint density at radius 3 is 2.85 bits per heavy atom. The second-order valence-corrected chi connectivity index (χ2v) is 2.63. The lowest BCUT2D eigenvalue weighted by Gasteiger charge is -1.97. The maximum Gasteiger partial charge on any atom is 0.342 e. The van der Waals surface area contributed by atoms with Crippen molar-refractivity contribution in [3.8, 4) is 0 Å². The third-order valence-corrected chi connectivity index (χ3v) is 1.57. The molecule has 0 fully saturated rings. The topological polar surface area (TPSA) is 83.0 Å². The molecule has 0 bridgehead atoms. The van der Waals surface area contributed by atoms with E-state index in [1.54, 1.807) is 0 Å². The highest BCUT2D eigenvalue weighted by atomic mass is 16.4. The number of hydrogen-bond acceptors (Lipinski definition) is 3. The van der Waals surface area contributed by atoms with Gasteiger partial charge in [0.1, 0.15) is 11.4 Å². The molecule has 0 atom stereocenters. The number of aryl methyl sites for hydroxylation is 1. The van der Waals surface area contributed by atoms with Crippen molar-refractivity contribution < 1.29 is 9.90 Å². The first-order chi connectivity index (χ1) is 6.15. The first-order valence-corrected chi connectivity index (χ1v) is 3.96. The van der Waals surface area contributed by atoms with Gasteiger partial charge in [-0.15, -0.1) is 0 Å². The number of aromatic nitrogens is 2. The van der Waals surface area contributed by atoms with E-state index in [1.807, 2.05) is 6.92 Å². The van der Waals surface area contributed by atoms with Crippen LogP contribution in [-0.4, -0.2) is 21.0 Å². The van der Waals surface area contributed by atoms with Crippen molar-refractivity contribution in [2.75, 3.05) is 0 Å². The summed E-state index contributed by atoms with van der Waals surface area (Å²) in [7, 11) is 0. The Labute approximate surface area is 74.4 Å². The lowest BCUT2D eigenvalue weighted by molar-refractivity contribution is 0.0694. The van der Waals surface area contributed by atoms with Crippen LogP contribution in [0.1, 0.15) is 29.5 Å². The number of nitrogens with one attached hydrogen (secondary N) is 1. The van der Waals surface area contributed by atoms with E-state index >= 15 is 0 Å². The minimum Gasteiger partial charge on any atom is -0.477 e. The van der Waals surface area contributed by atoms with E-state index < -0.39 is 11.5 Å². The summed E-state index contributed by atoms with van der Waals surface area (Å²) in [6, 6.07) is 0. The SMILES string of the molecule is CCCc1ncc(C(=O)O)c(=O)[nH]1. The number of carboxylic acids is 1. The molecule has 5 nitrogen and oxygen atoms in total. The fraction of sp³-hybridized carbons (Fsp3) is 0.375. The zero-order valence-electron chi connectivity index (χ0n) is 7.20. The second-order valence-electron chi connectivity index (χ2n) is 2.63. The van der Waals surface area contributed by atoms with Crippen molar-refractivity contribution in [3.05, 3.63) is 27.9 Å². The molecule has 0 aliphatic carbocycles. The minimum atomic E-state index is -1.25. The highest BCUT2D eigenvalue weighted by molar-refractivity contribution is 5.86. The smallest absolute Gasteiger partial charge is 0.342 e. The molecule has 2 N–H and O–H groups in total. The molecular weight excluding hydrogens is 172 g/mol. The van der Waals surface area contributed by atoms with Gasteiger partial charge in [0.2, 0.25) is 0 Å². The average Bonchev–Trinajstić information content (AvgIpc) is 2.04. The van der Waals surface area contributed by atoms with E-state index in [0.29, 0.717) is 12.2 Å². The summed E-state index contributed by atoms with van der Waals surface area (Å²) >= 11 is 0. The molecule has 1 heterocycles. The van der Waals surface area contributed by atoms with Crippen LogP contribution in [0.25, 0.3) is 0 Å². The van der Waals surface area contributed by atoms with Crippen molar-refractivity contribution in [2.45, 2.75) is 19.8 Å². The zero-order chi connectivity index (χ0) is 9.84. The van der Waals surface area contributed by atoms with Crippen LogP contribution in [0.4, 0.5) is 0 Å². The van der Waals surface area contributed by atoms with Crippen LogP contribution in [0.15, 0.2) is 11.0 Å². The molecule has 5 heteroatoms. The van der Waals surface area contributed by atoms with Crippen molar-refractivity contribution in [2.24, 2.45) is 0 Å². The first-order valence-electron chi connectivity index (χ1n) is 3.96. The van der Waals surface area contributed by atoms with Gasteiger partial charge in [-0.1, -0.05) is 6.92 Å². The lowest BCUT2D eigenvalue weighted by Crippen LogP contribution is -2.19. The Balaban J connectivity index is 3.06. The number of hydrogen-bond donors (Lipinski definition) is 2. The van der Waals surface area contributed by atoms with E-state index in [1.165, 1.54) is 0 Å². The van der Waals surface area contributed by atoms with E-state index in [9.17, 15) is 9.59 Å². The number of aromatic amines is 1. The van der Waals surface area contributed by atoms with Gasteiger partial charge in [0.15, 0.2) is 0 Å². The van der Waals surface area contributed by atoms with Crippen LogP contribution in [0.5, 0.6) is 0 Å². The average molecular weight is 182 g/mol. The maximum absolute atomic E-state index is 11.1. The van der Waals surface area contributed by atoms with E-state index in [0.717, 1.165) is 12.6 Å². The molecule has 13 heavy (non-hydrogen) atoms. The zero-order valence-corrected chi connectivity index (χ0v) is 7.20. The fourth-order valence-corrected chi connectivity index (χ4v) is 0.948. The van der Waals surface area contributed by atoms with Gasteiger partial charge in [-0.05, 0) is 6.42 Å². The molecule has 0 aliphatic heterocycles. The molecule has 0 aromatic carbocycles. The number of H-pyrrole nitrogens is 1. The second kappa shape index (κ2) is 3.84. The van der Waals surface area contributed by atoms with Crippen LogP contribution in [-0.2, 0) is 6.42 Å². The molecule has 0 saturated carbocycles. The molecule has 0 radical (unpaired) electrons. The van der Waals surface area contributed by atoms with Gasteiger partial charge in [-0.25, -0.2) is 9.78 Å². The van der Waals surface area contributed by atoms with Crippen LogP contribution in [0, 0.1) is 0 Å². The molecule has 1 aromatic heterocycles. The Morgan fingerprint density at radius 2 is 2.38 bits per heavy atom. The Morgan fingerprint density at radius 1 is 1.69 bits per heavy atom. The van der Waals surface area contributed by atoms with Gasteiger partial charge in [0.05, 0.1) is 0 Å². The number of rotatable bonds is 3. The van der Waals surface area contributed by atoms with Crippen LogP contribution < -0.4 is 5.56 Å². The van der Waals surface area contributed by atoms with Crippen LogP contribution >= 0.6 is 0 Å². The molecular formula is C8H10N2O3. The number of nitrogens with zero attached hydrogens (tertiary/aromatic N) is 1. The third-order valence-electron chi connectivity index (χ3n) is 1.57. The molecule has 1 rings (SSSR count). The monoisotopic (exact) mass is 182 g/mol. The Hall–Kier alpha value is -1.65. The standard InChI is InChI=1S/C8H10N2O3/c1-2-3-6-9-4-5(8(12)13)7(11)10-6/h4H,2-3H2,1H3,(H,12,13)(H,9,10,11). The molecule has 70 valence electrons. The highest BCUT2D eigenvalue weighted by Gasteiger charge is 2.08. The Bertz CT molecular complexity index is 370. The first kappa shape index (κ1) is 9.44. The van der Waals surface area contributed by atoms with Crippen molar-refractivity contribution in [1.29, 1.82) is 0 Å². The molecule has 0 amide bonds. The van der Waals surface area contributed by atoms with E-state index in [-0.39, 0.29) is 5.56 Å². The van der Waals surface area contributed by atoms with Gasteiger partial charge >= 0.3 is 5.97 Å². The van der Waals surface area contributed by atoms with Gasteiger partial charge in [0.25, 0.3) is 5.56 Å². The quantitative estimate of drug-likeness (QED) is 0.709. The van der Waals surface area contributed by atoms with Crippen molar-refractivity contribution >= 4 is 5.97 Å². The normalized spacial score (nSPS) is 9.92. The van der Waals surface area contributed by atoms with Gasteiger partial charge in [-0.2, -0.15) is 0 Å². The van der Waals surface area contributed by atoms with Gasteiger partial charge < -0.3 is 10.1 Å². The maximum atomic E-state index is 11.1. The molecule has 0 aliphatic rings. The lowest BCUT2D eigenvalue weighted by atomic mass is 10.3.